The second-order valence-electron chi connectivity index (χ2n) is 3.94. The van der Waals surface area contributed by atoms with Gasteiger partial charge in [0.1, 0.15) is 5.69 Å². The van der Waals surface area contributed by atoms with Crippen LogP contribution in [-0.4, -0.2) is 11.0 Å². The molecule has 0 fully saturated rings. The molecule has 0 spiro atoms. The number of nitrogens with one attached hydrogen (secondary N) is 1. The Balaban J connectivity index is 2.20. The van der Waals surface area contributed by atoms with Crippen molar-refractivity contribution in [3.8, 4) is 0 Å². The zero-order valence-corrected chi connectivity index (χ0v) is 8.96. The summed E-state index contributed by atoms with van der Waals surface area (Å²) < 4.78 is 37.4. The van der Waals surface area contributed by atoms with Crippen molar-refractivity contribution >= 4 is 11.4 Å². The van der Waals surface area contributed by atoms with E-state index < -0.39 is 11.9 Å². The Labute approximate surface area is 96.5 Å². The molecule has 3 N–H and O–H groups in total. The largest absolute Gasteiger partial charge is 0.433 e. The minimum absolute atomic E-state index is 0.112. The number of alkyl halides is 3. The summed E-state index contributed by atoms with van der Waals surface area (Å²) in [5.41, 5.74) is 5.19. The normalized spacial score (nSPS) is 16.4. The molecule has 3 nitrogen and oxygen atoms in total. The maximum Gasteiger partial charge on any atom is 0.433 e. The number of hydrogen-bond acceptors (Lipinski definition) is 3. The maximum atomic E-state index is 12.5. The smallest absolute Gasteiger partial charge is 0.396 e. The first-order valence-electron chi connectivity index (χ1n) is 5.21. The van der Waals surface area contributed by atoms with E-state index in [1.54, 1.807) is 0 Å². The fourth-order valence-electron chi connectivity index (χ4n) is 1.70. The van der Waals surface area contributed by atoms with Crippen LogP contribution >= 0.6 is 0 Å². The molecule has 0 saturated heterocycles. The SMILES string of the molecule is Nc1cnc(C(F)(F)F)cc1NC1CC=CC1. The second kappa shape index (κ2) is 4.27. The van der Waals surface area contributed by atoms with Crippen molar-refractivity contribution in [2.75, 3.05) is 11.1 Å². The van der Waals surface area contributed by atoms with Crippen molar-refractivity contribution in [2.24, 2.45) is 0 Å². The van der Waals surface area contributed by atoms with Gasteiger partial charge in [0.05, 0.1) is 17.6 Å². The second-order valence-corrected chi connectivity index (χ2v) is 3.94. The third kappa shape index (κ3) is 2.69. The standard InChI is InChI=1S/C11H12F3N3/c12-11(13,14)10-5-9(8(15)6-16-10)17-7-3-1-2-4-7/h1-2,5-7H,3-4,15H2,(H,16,17). The van der Waals surface area contributed by atoms with Gasteiger partial charge in [-0.2, -0.15) is 13.2 Å². The van der Waals surface area contributed by atoms with Crippen molar-refractivity contribution in [1.82, 2.24) is 4.98 Å². The molecule has 92 valence electrons. The minimum Gasteiger partial charge on any atom is -0.396 e. The average Bonchev–Trinajstić information content (AvgIpc) is 2.72. The van der Waals surface area contributed by atoms with Crippen LogP contribution in [0, 0.1) is 0 Å². The molecule has 0 atom stereocenters. The quantitative estimate of drug-likeness (QED) is 0.785. The summed E-state index contributed by atoms with van der Waals surface area (Å²) >= 11 is 0. The summed E-state index contributed by atoms with van der Waals surface area (Å²) in [6, 6.07) is 1.06. The molecule has 1 aromatic heterocycles. The lowest BCUT2D eigenvalue weighted by Crippen LogP contribution is -2.17. The molecule has 0 aromatic carbocycles. The van der Waals surface area contributed by atoms with Gasteiger partial charge in [0.2, 0.25) is 0 Å². The highest BCUT2D eigenvalue weighted by Gasteiger charge is 2.33. The van der Waals surface area contributed by atoms with Gasteiger partial charge in [0.25, 0.3) is 0 Å². The van der Waals surface area contributed by atoms with Gasteiger partial charge in [-0.1, -0.05) is 12.2 Å². The third-order valence-corrected chi connectivity index (χ3v) is 2.59. The molecule has 0 bridgehead atoms. The Kier molecular flexibility index (Phi) is 2.95. The number of nitrogens with zero attached hydrogens (tertiary/aromatic N) is 1. The molecule has 1 heterocycles. The molecule has 1 aromatic rings. The Hall–Kier alpha value is -1.72. The topological polar surface area (TPSA) is 50.9 Å². The predicted molar refractivity (Wildman–Crippen MR) is 59.4 cm³/mol. The van der Waals surface area contributed by atoms with E-state index in [-0.39, 0.29) is 11.7 Å². The highest BCUT2D eigenvalue weighted by molar-refractivity contribution is 5.66. The molecule has 0 aliphatic heterocycles. The van der Waals surface area contributed by atoms with Crippen molar-refractivity contribution in [3.05, 3.63) is 30.1 Å². The van der Waals surface area contributed by atoms with Crippen LogP contribution in [0.15, 0.2) is 24.4 Å². The molecule has 1 aliphatic carbocycles. The monoisotopic (exact) mass is 243 g/mol. The van der Waals surface area contributed by atoms with E-state index in [9.17, 15) is 13.2 Å². The molecule has 1 aliphatic rings. The number of pyridine rings is 1. The molecule has 0 unspecified atom stereocenters. The number of halogens is 3. The van der Waals surface area contributed by atoms with Crippen LogP contribution in [0.4, 0.5) is 24.5 Å². The molecule has 17 heavy (non-hydrogen) atoms. The molecule has 2 rings (SSSR count). The maximum absolute atomic E-state index is 12.5. The van der Waals surface area contributed by atoms with Gasteiger partial charge in [0.15, 0.2) is 0 Å². The van der Waals surface area contributed by atoms with E-state index in [1.807, 2.05) is 12.2 Å². The van der Waals surface area contributed by atoms with Crippen LogP contribution in [0.3, 0.4) is 0 Å². The Morgan fingerprint density at radius 2 is 1.94 bits per heavy atom. The van der Waals surface area contributed by atoms with Crippen molar-refractivity contribution in [2.45, 2.75) is 25.1 Å². The van der Waals surface area contributed by atoms with E-state index in [1.165, 1.54) is 0 Å². The number of hydrogen-bond donors (Lipinski definition) is 2. The molecular formula is C11H12F3N3. The lowest BCUT2D eigenvalue weighted by molar-refractivity contribution is -0.141. The summed E-state index contributed by atoms with van der Waals surface area (Å²) in [5.74, 6) is 0. The van der Waals surface area contributed by atoms with E-state index in [4.69, 9.17) is 5.73 Å². The van der Waals surface area contributed by atoms with Crippen LogP contribution in [0.1, 0.15) is 18.5 Å². The van der Waals surface area contributed by atoms with Crippen LogP contribution in [0.2, 0.25) is 0 Å². The Morgan fingerprint density at radius 3 is 2.53 bits per heavy atom. The number of rotatable bonds is 2. The average molecular weight is 243 g/mol. The highest BCUT2D eigenvalue weighted by Crippen LogP contribution is 2.31. The first-order chi connectivity index (χ1) is 7.97. The number of anilines is 2. The Morgan fingerprint density at radius 1 is 1.29 bits per heavy atom. The number of aromatic nitrogens is 1. The van der Waals surface area contributed by atoms with Crippen molar-refractivity contribution in [3.63, 3.8) is 0 Å². The summed E-state index contributed by atoms with van der Waals surface area (Å²) in [5, 5.41) is 2.99. The Bertz CT molecular complexity index is 432. The highest BCUT2D eigenvalue weighted by atomic mass is 19.4. The van der Waals surface area contributed by atoms with Crippen LogP contribution in [0.5, 0.6) is 0 Å². The van der Waals surface area contributed by atoms with Gasteiger partial charge >= 0.3 is 6.18 Å². The molecule has 0 amide bonds. The number of nitrogens with two attached hydrogens (primary N) is 1. The van der Waals surface area contributed by atoms with Crippen LogP contribution in [0.25, 0.3) is 0 Å². The fourth-order valence-corrected chi connectivity index (χ4v) is 1.70. The van der Waals surface area contributed by atoms with Gasteiger partial charge in [-0.25, -0.2) is 4.98 Å². The van der Waals surface area contributed by atoms with Gasteiger partial charge in [-0.3, -0.25) is 0 Å². The van der Waals surface area contributed by atoms with Gasteiger partial charge < -0.3 is 11.1 Å². The molecule has 0 saturated carbocycles. The molecule has 0 radical (unpaired) electrons. The van der Waals surface area contributed by atoms with E-state index in [0.29, 0.717) is 5.69 Å². The molecular weight excluding hydrogens is 231 g/mol. The van der Waals surface area contributed by atoms with Crippen molar-refractivity contribution < 1.29 is 13.2 Å². The van der Waals surface area contributed by atoms with E-state index >= 15 is 0 Å². The van der Waals surface area contributed by atoms with E-state index in [2.05, 4.69) is 10.3 Å². The van der Waals surface area contributed by atoms with Crippen LogP contribution in [-0.2, 0) is 6.18 Å². The first-order valence-corrected chi connectivity index (χ1v) is 5.21. The predicted octanol–water partition coefficient (Wildman–Crippen LogP) is 2.81. The summed E-state index contributed by atoms with van der Waals surface area (Å²) in [6.07, 6.45) is 2.15. The van der Waals surface area contributed by atoms with Crippen LogP contribution < -0.4 is 11.1 Å². The number of nitrogen functional groups attached to an aromatic ring is 1. The minimum atomic E-state index is -4.45. The zero-order chi connectivity index (χ0) is 12.5. The fraction of sp³-hybridized carbons (Fsp3) is 0.364. The summed E-state index contributed by atoms with van der Waals surface area (Å²) in [6.45, 7) is 0. The van der Waals surface area contributed by atoms with Crippen molar-refractivity contribution in [1.29, 1.82) is 0 Å². The van der Waals surface area contributed by atoms with E-state index in [0.717, 1.165) is 25.1 Å². The lowest BCUT2D eigenvalue weighted by atomic mass is 10.2. The lowest BCUT2D eigenvalue weighted by Gasteiger charge is -2.16. The molecule has 6 heteroatoms. The van der Waals surface area contributed by atoms with Gasteiger partial charge in [-0.05, 0) is 18.9 Å². The third-order valence-electron chi connectivity index (χ3n) is 2.59. The van der Waals surface area contributed by atoms with Gasteiger partial charge in [-0.15, -0.1) is 0 Å². The summed E-state index contributed by atoms with van der Waals surface area (Å²) in [4.78, 5) is 3.28. The first kappa shape index (κ1) is 11.8. The van der Waals surface area contributed by atoms with Gasteiger partial charge in [0, 0.05) is 6.04 Å². The zero-order valence-electron chi connectivity index (χ0n) is 8.96. The summed E-state index contributed by atoms with van der Waals surface area (Å²) in [7, 11) is 0.